The van der Waals surface area contributed by atoms with E-state index in [1.165, 1.54) is 0 Å². The van der Waals surface area contributed by atoms with Crippen molar-refractivity contribution < 1.29 is 9.53 Å². The molecule has 0 saturated heterocycles. The average molecular weight is 211 g/mol. The fourth-order valence-corrected chi connectivity index (χ4v) is 1.20. The first-order chi connectivity index (χ1) is 6.72. The van der Waals surface area contributed by atoms with Gasteiger partial charge in [-0.3, -0.25) is 9.10 Å². The van der Waals surface area contributed by atoms with Gasteiger partial charge in [-0.05, 0) is 26.2 Å². The van der Waals surface area contributed by atoms with Crippen LogP contribution >= 0.6 is 11.5 Å². The van der Waals surface area contributed by atoms with Gasteiger partial charge in [0.15, 0.2) is 0 Å². The van der Waals surface area contributed by atoms with Gasteiger partial charge in [0.1, 0.15) is 17.6 Å². The average Bonchev–Trinajstić information content (AvgIpc) is 2.18. The summed E-state index contributed by atoms with van der Waals surface area (Å²) in [6, 6.07) is 7.05. The third-order valence-corrected chi connectivity index (χ3v) is 2.12. The van der Waals surface area contributed by atoms with E-state index in [0.29, 0.717) is 11.3 Å². The van der Waals surface area contributed by atoms with Gasteiger partial charge in [-0.15, -0.1) is 0 Å². The molecule has 0 aliphatic heterocycles. The van der Waals surface area contributed by atoms with Crippen LogP contribution < -0.4 is 4.74 Å². The number of carbonyl (C=O) groups is 1. The summed E-state index contributed by atoms with van der Waals surface area (Å²) in [7, 11) is 3.90. The van der Waals surface area contributed by atoms with Crippen LogP contribution in [-0.2, 0) is 0 Å². The van der Waals surface area contributed by atoms with Gasteiger partial charge in [0.05, 0.1) is 0 Å². The van der Waals surface area contributed by atoms with Gasteiger partial charge in [-0.1, -0.05) is 23.7 Å². The number of hydrogen-bond donors (Lipinski definition) is 1. The highest BCUT2D eigenvalue weighted by Crippen LogP contribution is 2.11. The van der Waals surface area contributed by atoms with Crippen molar-refractivity contribution in [3.8, 4) is 5.75 Å². The first-order valence-corrected chi connectivity index (χ1v) is 5.05. The molecule has 0 spiro atoms. The lowest BCUT2D eigenvalue weighted by Gasteiger charge is -2.03. The van der Waals surface area contributed by atoms with Crippen LogP contribution in [0.25, 0.3) is 0 Å². The maximum Gasteiger partial charge on any atom is 0.150 e. The largest absolute Gasteiger partial charge is 0.458 e. The molecule has 1 aromatic carbocycles. The van der Waals surface area contributed by atoms with Crippen LogP contribution in [0.4, 0.5) is 0 Å². The molecule has 0 radical (unpaired) electrons. The second kappa shape index (κ2) is 5.57. The van der Waals surface area contributed by atoms with Crippen molar-refractivity contribution in [1.29, 1.82) is 0 Å². The molecule has 1 aromatic rings. The molecule has 0 N–H and O–H groups in total. The minimum absolute atomic E-state index is 0.623. The van der Waals surface area contributed by atoms with Gasteiger partial charge in [0.2, 0.25) is 0 Å². The number of benzene rings is 1. The molecule has 4 heteroatoms. The Morgan fingerprint density at radius 2 is 2.21 bits per heavy atom. The van der Waals surface area contributed by atoms with Crippen LogP contribution in [0.15, 0.2) is 24.3 Å². The standard InChI is InChI=1S/C10H13NO2S/c1-11(2)14-8-13-10-5-3-4-9(6-10)7-12/h3-8,14H,1-2H3. The Morgan fingerprint density at radius 1 is 1.43 bits per heavy atom. The van der Waals surface area contributed by atoms with E-state index in [4.69, 9.17) is 4.74 Å². The Labute approximate surface area is 87.4 Å². The van der Waals surface area contributed by atoms with E-state index in [-0.39, 0.29) is 0 Å². The van der Waals surface area contributed by atoms with Gasteiger partial charge < -0.3 is 4.74 Å². The highest BCUT2D eigenvalue weighted by molar-refractivity contribution is 7.95. The Bertz CT molecular complexity index is 337. The molecule has 1 rings (SSSR count). The van der Waals surface area contributed by atoms with Crippen LogP contribution in [0.2, 0.25) is 0 Å². The fourth-order valence-electron chi connectivity index (χ4n) is 0.840. The molecular weight excluding hydrogens is 198 g/mol. The van der Waals surface area contributed by atoms with Crippen molar-refractivity contribution in [2.75, 3.05) is 14.1 Å². The number of thiol groups is 1. The molecule has 3 nitrogen and oxygen atoms in total. The second-order valence-electron chi connectivity index (χ2n) is 2.88. The molecule has 0 atom stereocenters. The van der Waals surface area contributed by atoms with Gasteiger partial charge in [-0.25, -0.2) is 0 Å². The van der Waals surface area contributed by atoms with Gasteiger partial charge >= 0.3 is 0 Å². The van der Waals surface area contributed by atoms with Crippen molar-refractivity contribution in [2.45, 2.75) is 0 Å². The molecule has 0 saturated carbocycles. The zero-order chi connectivity index (χ0) is 10.4. The quantitative estimate of drug-likeness (QED) is 0.466. The molecular formula is C10H13NO2S. The number of hydrogen-bond acceptors (Lipinski definition) is 3. The van der Waals surface area contributed by atoms with Gasteiger partial charge in [-0.2, -0.15) is 0 Å². The lowest BCUT2D eigenvalue weighted by atomic mass is 10.2. The predicted molar refractivity (Wildman–Crippen MR) is 61.2 cm³/mol. The molecule has 14 heavy (non-hydrogen) atoms. The molecule has 0 heterocycles. The summed E-state index contributed by atoms with van der Waals surface area (Å²) < 4.78 is 7.28. The smallest absolute Gasteiger partial charge is 0.150 e. The van der Waals surface area contributed by atoms with Crippen LogP contribution in [-0.4, -0.2) is 30.2 Å². The monoisotopic (exact) mass is 211 g/mol. The molecule has 0 aliphatic carbocycles. The zero-order valence-corrected chi connectivity index (χ0v) is 9.07. The first kappa shape index (κ1) is 10.9. The van der Waals surface area contributed by atoms with E-state index in [9.17, 15) is 4.79 Å². The molecule has 0 unspecified atom stereocenters. The van der Waals surface area contributed by atoms with E-state index in [2.05, 4.69) is 0 Å². The Morgan fingerprint density at radius 3 is 2.86 bits per heavy atom. The van der Waals surface area contributed by atoms with Crippen LogP contribution in [0, 0.1) is 0 Å². The van der Waals surface area contributed by atoms with Crippen LogP contribution in [0.5, 0.6) is 5.75 Å². The third kappa shape index (κ3) is 3.72. The fraction of sp³-hybridized carbons (Fsp3) is 0.200. The lowest BCUT2D eigenvalue weighted by molar-refractivity contribution is 0.112. The number of rotatable bonds is 4. The van der Waals surface area contributed by atoms with Crippen molar-refractivity contribution in [3.05, 3.63) is 29.8 Å². The van der Waals surface area contributed by atoms with Gasteiger partial charge in [0, 0.05) is 5.56 Å². The van der Waals surface area contributed by atoms with Crippen LogP contribution in [0.3, 0.4) is 0 Å². The topological polar surface area (TPSA) is 29.5 Å². The van der Waals surface area contributed by atoms with E-state index in [1.807, 2.05) is 24.5 Å². The van der Waals surface area contributed by atoms with Crippen molar-refractivity contribution in [1.82, 2.24) is 4.31 Å². The first-order valence-electron chi connectivity index (χ1n) is 4.14. The Kier molecular flexibility index (Phi) is 4.35. The summed E-state index contributed by atoms with van der Waals surface area (Å²) in [6.45, 7) is 0. The van der Waals surface area contributed by atoms with Crippen molar-refractivity contribution in [2.24, 2.45) is 0 Å². The SMILES string of the molecule is CN(C)[SH]=COc1cccc(C=O)c1. The highest BCUT2D eigenvalue weighted by atomic mass is 32.1. The summed E-state index contributed by atoms with van der Waals surface area (Å²) in [6.07, 6.45) is 0.802. The minimum atomic E-state index is 0.623. The summed E-state index contributed by atoms with van der Waals surface area (Å²) in [5.74, 6) is 0.684. The summed E-state index contributed by atoms with van der Waals surface area (Å²) in [5, 5.41) is 0. The summed E-state index contributed by atoms with van der Waals surface area (Å²) >= 11 is 0.973. The molecule has 0 aliphatic rings. The predicted octanol–water partition coefficient (Wildman–Crippen LogP) is 1.58. The number of carbonyl (C=O) groups excluding carboxylic acids is 1. The molecule has 0 amide bonds. The number of nitrogens with zero attached hydrogens (tertiary/aromatic N) is 1. The van der Waals surface area contributed by atoms with Crippen molar-refractivity contribution in [3.63, 3.8) is 0 Å². The lowest BCUT2D eigenvalue weighted by Crippen LogP contribution is -1.98. The Hall–Kier alpha value is -1.13. The zero-order valence-electron chi connectivity index (χ0n) is 8.18. The summed E-state index contributed by atoms with van der Waals surface area (Å²) in [5.41, 5.74) is 2.29. The van der Waals surface area contributed by atoms with Crippen molar-refractivity contribution >= 4 is 23.4 Å². The van der Waals surface area contributed by atoms with E-state index in [1.54, 1.807) is 23.8 Å². The van der Waals surface area contributed by atoms with E-state index < -0.39 is 0 Å². The maximum absolute atomic E-state index is 10.5. The Balaban J connectivity index is 2.63. The molecule has 0 bridgehead atoms. The molecule has 76 valence electrons. The number of ether oxygens (including phenoxy) is 1. The second-order valence-corrected chi connectivity index (χ2v) is 4.12. The number of aldehydes is 1. The highest BCUT2D eigenvalue weighted by Gasteiger charge is 1.93. The normalized spacial score (nSPS) is 11.4. The minimum Gasteiger partial charge on any atom is -0.458 e. The van der Waals surface area contributed by atoms with E-state index >= 15 is 0 Å². The molecule has 0 fully saturated rings. The third-order valence-electron chi connectivity index (χ3n) is 1.46. The molecule has 0 aromatic heterocycles. The maximum atomic E-state index is 10.5. The van der Waals surface area contributed by atoms with Gasteiger partial charge in [0.25, 0.3) is 0 Å². The van der Waals surface area contributed by atoms with Crippen LogP contribution in [0.1, 0.15) is 10.4 Å². The summed E-state index contributed by atoms with van der Waals surface area (Å²) in [4.78, 5) is 10.5. The van der Waals surface area contributed by atoms with E-state index in [0.717, 1.165) is 17.8 Å².